The fourth-order valence-electron chi connectivity index (χ4n) is 2.41. The molecule has 0 radical (unpaired) electrons. The summed E-state index contributed by atoms with van der Waals surface area (Å²) in [5.74, 6) is 1.28. The molecule has 1 heterocycles. The second kappa shape index (κ2) is 6.14. The van der Waals surface area contributed by atoms with Gasteiger partial charge in [-0.2, -0.15) is 0 Å². The largest absolute Gasteiger partial charge is 0.330 e. The van der Waals surface area contributed by atoms with Crippen molar-refractivity contribution in [2.24, 2.45) is 11.7 Å². The Morgan fingerprint density at radius 2 is 1.65 bits per heavy atom. The molecular formula is C17H23N3. The number of benzene rings is 1. The van der Waals surface area contributed by atoms with Crippen molar-refractivity contribution in [3.63, 3.8) is 0 Å². The summed E-state index contributed by atoms with van der Waals surface area (Å²) in [6.07, 6.45) is 0.947. The Kier molecular flexibility index (Phi) is 4.50. The molecule has 3 nitrogen and oxygen atoms in total. The number of rotatable bonds is 4. The van der Waals surface area contributed by atoms with E-state index < -0.39 is 0 Å². The van der Waals surface area contributed by atoms with E-state index in [-0.39, 0.29) is 0 Å². The number of hydrogen-bond acceptors (Lipinski definition) is 3. The first-order valence-corrected chi connectivity index (χ1v) is 7.13. The first kappa shape index (κ1) is 14.7. The summed E-state index contributed by atoms with van der Waals surface area (Å²) < 4.78 is 0. The molecule has 1 unspecified atom stereocenters. The number of nitrogens with two attached hydrogens (primary N) is 1. The minimum absolute atomic E-state index is 0.459. The third-order valence-corrected chi connectivity index (χ3v) is 3.76. The van der Waals surface area contributed by atoms with E-state index in [1.165, 1.54) is 11.1 Å². The summed E-state index contributed by atoms with van der Waals surface area (Å²) in [5.41, 5.74) is 11.4. The smallest absolute Gasteiger partial charge is 0.159 e. The van der Waals surface area contributed by atoms with Gasteiger partial charge in [0.15, 0.2) is 5.82 Å². The minimum atomic E-state index is 0.459. The molecule has 0 bridgehead atoms. The molecule has 0 spiro atoms. The van der Waals surface area contributed by atoms with Gasteiger partial charge >= 0.3 is 0 Å². The highest BCUT2D eigenvalue weighted by molar-refractivity contribution is 5.60. The lowest BCUT2D eigenvalue weighted by atomic mass is 9.98. The zero-order valence-electron chi connectivity index (χ0n) is 12.8. The monoisotopic (exact) mass is 269 g/mol. The van der Waals surface area contributed by atoms with Crippen molar-refractivity contribution in [3.8, 4) is 11.4 Å². The van der Waals surface area contributed by atoms with Crippen LogP contribution in [0, 0.1) is 26.7 Å². The Balaban J connectivity index is 2.43. The van der Waals surface area contributed by atoms with E-state index in [0.29, 0.717) is 12.5 Å². The molecule has 0 saturated heterocycles. The molecule has 106 valence electrons. The lowest BCUT2D eigenvalue weighted by molar-refractivity contribution is 0.586. The molecule has 1 atom stereocenters. The Bertz CT molecular complexity index is 582. The fourth-order valence-corrected chi connectivity index (χ4v) is 2.41. The summed E-state index contributed by atoms with van der Waals surface area (Å²) in [7, 11) is 0. The van der Waals surface area contributed by atoms with Crippen LogP contribution in [0.5, 0.6) is 0 Å². The first-order chi connectivity index (χ1) is 9.52. The van der Waals surface area contributed by atoms with Crippen molar-refractivity contribution in [2.75, 3.05) is 6.54 Å². The van der Waals surface area contributed by atoms with E-state index in [9.17, 15) is 0 Å². The minimum Gasteiger partial charge on any atom is -0.330 e. The van der Waals surface area contributed by atoms with Crippen LogP contribution in [0.15, 0.2) is 24.3 Å². The predicted molar refractivity (Wildman–Crippen MR) is 83.6 cm³/mol. The van der Waals surface area contributed by atoms with Crippen molar-refractivity contribution < 1.29 is 0 Å². The van der Waals surface area contributed by atoms with Crippen LogP contribution in [0.1, 0.15) is 29.4 Å². The lowest BCUT2D eigenvalue weighted by Gasteiger charge is -2.14. The van der Waals surface area contributed by atoms with Crippen molar-refractivity contribution in [1.82, 2.24) is 9.97 Å². The molecular weight excluding hydrogens is 246 g/mol. The van der Waals surface area contributed by atoms with Gasteiger partial charge in [0, 0.05) is 17.0 Å². The number of aryl methyl sites for hydroxylation is 3. The van der Waals surface area contributed by atoms with Crippen LogP contribution in [0.3, 0.4) is 0 Å². The maximum absolute atomic E-state index is 5.72. The van der Waals surface area contributed by atoms with Gasteiger partial charge in [0.05, 0.1) is 0 Å². The van der Waals surface area contributed by atoms with E-state index >= 15 is 0 Å². The average Bonchev–Trinajstić information content (AvgIpc) is 2.42. The third kappa shape index (κ3) is 3.05. The van der Waals surface area contributed by atoms with Crippen LogP contribution >= 0.6 is 0 Å². The second-order valence-corrected chi connectivity index (χ2v) is 5.56. The third-order valence-electron chi connectivity index (χ3n) is 3.76. The maximum atomic E-state index is 5.72. The molecule has 0 aliphatic carbocycles. The second-order valence-electron chi connectivity index (χ2n) is 5.56. The van der Waals surface area contributed by atoms with Gasteiger partial charge in [-0.3, -0.25) is 0 Å². The molecule has 0 aliphatic rings. The average molecular weight is 269 g/mol. The first-order valence-electron chi connectivity index (χ1n) is 7.13. The van der Waals surface area contributed by atoms with Gasteiger partial charge in [0.25, 0.3) is 0 Å². The SMILES string of the molecule is Cc1ccccc1-c1nc(C)c(CC(C)CN)c(C)n1. The molecule has 3 heteroatoms. The maximum Gasteiger partial charge on any atom is 0.159 e. The van der Waals surface area contributed by atoms with Crippen molar-refractivity contribution in [3.05, 3.63) is 46.8 Å². The lowest BCUT2D eigenvalue weighted by Crippen LogP contribution is -2.15. The van der Waals surface area contributed by atoms with Gasteiger partial charge in [-0.05, 0) is 50.8 Å². The highest BCUT2D eigenvalue weighted by Crippen LogP contribution is 2.23. The topological polar surface area (TPSA) is 51.8 Å². The van der Waals surface area contributed by atoms with Gasteiger partial charge in [0.1, 0.15) is 0 Å². The summed E-state index contributed by atoms with van der Waals surface area (Å²) in [5, 5.41) is 0. The van der Waals surface area contributed by atoms with Gasteiger partial charge < -0.3 is 5.73 Å². The summed E-state index contributed by atoms with van der Waals surface area (Å²) >= 11 is 0. The van der Waals surface area contributed by atoms with Crippen LogP contribution in [0.25, 0.3) is 11.4 Å². The molecule has 20 heavy (non-hydrogen) atoms. The number of aromatic nitrogens is 2. The van der Waals surface area contributed by atoms with Crippen LogP contribution in [-0.4, -0.2) is 16.5 Å². The number of nitrogens with zero attached hydrogens (tertiary/aromatic N) is 2. The van der Waals surface area contributed by atoms with Crippen LogP contribution in [0.4, 0.5) is 0 Å². The Morgan fingerprint density at radius 1 is 1.05 bits per heavy atom. The molecule has 1 aromatic carbocycles. The van der Waals surface area contributed by atoms with Crippen molar-refractivity contribution >= 4 is 0 Å². The highest BCUT2D eigenvalue weighted by atomic mass is 14.9. The number of hydrogen-bond donors (Lipinski definition) is 1. The van der Waals surface area contributed by atoms with E-state index in [2.05, 4.69) is 39.8 Å². The standard InChI is InChI=1S/C17H23N3/c1-11(10-18)9-16-13(3)19-17(20-14(16)4)15-8-6-5-7-12(15)2/h5-8,11H,9-10,18H2,1-4H3. The van der Waals surface area contributed by atoms with Crippen LogP contribution in [-0.2, 0) is 6.42 Å². The highest BCUT2D eigenvalue weighted by Gasteiger charge is 2.13. The Labute approximate surface area is 121 Å². The fraction of sp³-hybridized carbons (Fsp3) is 0.412. The summed E-state index contributed by atoms with van der Waals surface area (Å²) in [6.45, 7) is 9.07. The Hall–Kier alpha value is -1.74. The van der Waals surface area contributed by atoms with Crippen molar-refractivity contribution in [2.45, 2.75) is 34.1 Å². The normalized spacial score (nSPS) is 12.4. The summed E-state index contributed by atoms with van der Waals surface area (Å²) in [6, 6.07) is 8.23. The predicted octanol–water partition coefficient (Wildman–Crippen LogP) is 3.21. The zero-order valence-corrected chi connectivity index (χ0v) is 12.8. The van der Waals surface area contributed by atoms with E-state index in [1.54, 1.807) is 0 Å². The zero-order chi connectivity index (χ0) is 14.7. The summed E-state index contributed by atoms with van der Waals surface area (Å²) in [4.78, 5) is 9.40. The molecule has 0 saturated carbocycles. The van der Waals surface area contributed by atoms with Crippen LogP contribution in [0.2, 0.25) is 0 Å². The molecule has 0 aliphatic heterocycles. The van der Waals surface area contributed by atoms with Crippen molar-refractivity contribution in [1.29, 1.82) is 0 Å². The molecule has 0 fully saturated rings. The molecule has 2 rings (SSSR count). The van der Waals surface area contributed by atoms with Crippen LogP contribution < -0.4 is 5.73 Å². The molecule has 0 amide bonds. The molecule has 1 aromatic heterocycles. The van der Waals surface area contributed by atoms with Gasteiger partial charge in [0.2, 0.25) is 0 Å². The van der Waals surface area contributed by atoms with Gasteiger partial charge in [-0.15, -0.1) is 0 Å². The molecule has 2 aromatic rings. The Morgan fingerprint density at radius 3 is 2.20 bits per heavy atom. The quantitative estimate of drug-likeness (QED) is 0.927. The van der Waals surface area contributed by atoms with Gasteiger partial charge in [-0.25, -0.2) is 9.97 Å². The van der Waals surface area contributed by atoms with E-state index in [0.717, 1.165) is 29.2 Å². The van der Waals surface area contributed by atoms with E-state index in [1.807, 2.05) is 12.1 Å². The van der Waals surface area contributed by atoms with Gasteiger partial charge in [-0.1, -0.05) is 31.2 Å². The molecule has 2 N–H and O–H groups in total. The van der Waals surface area contributed by atoms with E-state index in [4.69, 9.17) is 15.7 Å².